The fourth-order valence-corrected chi connectivity index (χ4v) is 4.36. The molecule has 0 aliphatic carbocycles. The lowest BCUT2D eigenvalue weighted by Crippen LogP contribution is -2.28. The van der Waals surface area contributed by atoms with E-state index in [1.165, 1.54) is 18.9 Å². The number of anilines is 1. The van der Waals surface area contributed by atoms with E-state index in [2.05, 4.69) is 6.58 Å². The van der Waals surface area contributed by atoms with Gasteiger partial charge in [-0.2, -0.15) is 0 Å². The SMILES string of the molecule is C=CCc1cc(/C=C2/SC(=Nc3ccccc3)N(c3ccccc3)C2=O)cc(OC)c1O. The van der Waals surface area contributed by atoms with Crippen molar-refractivity contribution in [3.8, 4) is 11.5 Å². The zero-order valence-corrected chi connectivity index (χ0v) is 18.4. The summed E-state index contributed by atoms with van der Waals surface area (Å²) in [5.74, 6) is 0.273. The van der Waals surface area contributed by atoms with E-state index < -0.39 is 0 Å². The van der Waals surface area contributed by atoms with Crippen LogP contribution >= 0.6 is 11.8 Å². The molecule has 160 valence electrons. The minimum atomic E-state index is -0.159. The van der Waals surface area contributed by atoms with Gasteiger partial charge in [0.25, 0.3) is 5.91 Å². The number of aliphatic imine (C=N–C) groups is 1. The molecule has 1 N–H and O–H groups in total. The predicted molar refractivity (Wildman–Crippen MR) is 132 cm³/mol. The number of hydrogen-bond acceptors (Lipinski definition) is 5. The second-order valence-electron chi connectivity index (χ2n) is 7.04. The van der Waals surface area contributed by atoms with Crippen LogP contribution in [0.1, 0.15) is 11.1 Å². The van der Waals surface area contributed by atoms with Crippen LogP contribution in [0.15, 0.2) is 95.3 Å². The Morgan fingerprint density at radius 3 is 2.44 bits per heavy atom. The van der Waals surface area contributed by atoms with E-state index in [-0.39, 0.29) is 11.7 Å². The van der Waals surface area contributed by atoms with Crippen LogP contribution in [0.25, 0.3) is 6.08 Å². The predicted octanol–water partition coefficient (Wildman–Crippen LogP) is 5.94. The molecule has 0 saturated carbocycles. The van der Waals surface area contributed by atoms with Gasteiger partial charge in [0.15, 0.2) is 16.7 Å². The summed E-state index contributed by atoms with van der Waals surface area (Å²) in [5, 5.41) is 10.9. The van der Waals surface area contributed by atoms with E-state index in [4.69, 9.17) is 9.73 Å². The summed E-state index contributed by atoms with van der Waals surface area (Å²) in [4.78, 5) is 20.3. The number of phenolic OH excluding ortho intramolecular Hbond substituents is 1. The lowest BCUT2D eigenvalue weighted by atomic mass is 10.1. The van der Waals surface area contributed by atoms with Crippen LogP contribution in [0.2, 0.25) is 0 Å². The highest BCUT2D eigenvalue weighted by Crippen LogP contribution is 2.39. The number of carbonyl (C=O) groups excluding carboxylic acids is 1. The van der Waals surface area contributed by atoms with Gasteiger partial charge in [0.1, 0.15) is 0 Å². The van der Waals surface area contributed by atoms with Gasteiger partial charge >= 0.3 is 0 Å². The van der Waals surface area contributed by atoms with Crippen LogP contribution in [-0.4, -0.2) is 23.3 Å². The van der Waals surface area contributed by atoms with Gasteiger partial charge in [0, 0.05) is 5.56 Å². The van der Waals surface area contributed by atoms with E-state index in [0.717, 1.165) is 16.9 Å². The molecular weight excluding hydrogens is 420 g/mol. The summed E-state index contributed by atoms with van der Waals surface area (Å²) in [6.07, 6.45) is 3.99. The highest BCUT2D eigenvalue weighted by molar-refractivity contribution is 8.19. The summed E-state index contributed by atoms with van der Waals surface area (Å²) in [6, 6.07) is 22.5. The van der Waals surface area contributed by atoms with E-state index in [1.54, 1.807) is 23.1 Å². The van der Waals surface area contributed by atoms with Gasteiger partial charge in [-0.15, -0.1) is 6.58 Å². The average Bonchev–Trinajstić information content (AvgIpc) is 3.11. The first-order valence-corrected chi connectivity index (χ1v) is 10.9. The molecule has 1 heterocycles. The van der Waals surface area contributed by atoms with Crippen molar-refractivity contribution in [2.75, 3.05) is 12.0 Å². The molecule has 0 spiro atoms. The Bertz CT molecular complexity index is 1200. The van der Waals surface area contributed by atoms with Crippen molar-refractivity contribution in [2.45, 2.75) is 6.42 Å². The van der Waals surface area contributed by atoms with Crippen LogP contribution in [0.4, 0.5) is 11.4 Å². The summed E-state index contributed by atoms with van der Waals surface area (Å²) >= 11 is 1.31. The Morgan fingerprint density at radius 1 is 1.09 bits per heavy atom. The van der Waals surface area contributed by atoms with Crippen LogP contribution in [0.5, 0.6) is 11.5 Å². The summed E-state index contributed by atoms with van der Waals surface area (Å²) in [6.45, 7) is 3.74. The molecule has 1 saturated heterocycles. The monoisotopic (exact) mass is 442 g/mol. The maximum Gasteiger partial charge on any atom is 0.271 e. The number of phenols is 1. The molecule has 32 heavy (non-hydrogen) atoms. The number of thioether (sulfide) groups is 1. The average molecular weight is 443 g/mol. The second kappa shape index (κ2) is 9.58. The van der Waals surface area contributed by atoms with Gasteiger partial charge in [0.05, 0.1) is 23.4 Å². The first kappa shape index (κ1) is 21.5. The minimum absolute atomic E-state index is 0.0807. The third kappa shape index (κ3) is 4.45. The number of benzene rings is 3. The number of amidine groups is 1. The number of amides is 1. The summed E-state index contributed by atoms with van der Waals surface area (Å²) < 4.78 is 5.32. The topological polar surface area (TPSA) is 62.1 Å². The number of nitrogens with zero attached hydrogens (tertiary/aromatic N) is 2. The van der Waals surface area contributed by atoms with Crippen LogP contribution in [-0.2, 0) is 11.2 Å². The maximum absolute atomic E-state index is 13.4. The van der Waals surface area contributed by atoms with Crippen molar-refractivity contribution < 1.29 is 14.6 Å². The highest BCUT2D eigenvalue weighted by atomic mass is 32.2. The molecule has 3 aromatic rings. The van der Waals surface area contributed by atoms with Gasteiger partial charge in [-0.25, -0.2) is 4.99 Å². The van der Waals surface area contributed by atoms with Crippen LogP contribution in [0, 0.1) is 0 Å². The quantitative estimate of drug-likeness (QED) is 0.379. The zero-order chi connectivity index (χ0) is 22.5. The third-order valence-corrected chi connectivity index (χ3v) is 5.83. The van der Waals surface area contributed by atoms with Gasteiger partial charge in [-0.05, 0) is 66.2 Å². The molecule has 1 aliphatic heterocycles. The Morgan fingerprint density at radius 2 is 1.78 bits per heavy atom. The summed E-state index contributed by atoms with van der Waals surface area (Å²) in [7, 11) is 1.50. The number of aromatic hydroxyl groups is 1. The number of hydrogen-bond donors (Lipinski definition) is 1. The van der Waals surface area contributed by atoms with E-state index >= 15 is 0 Å². The second-order valence-corrected chi connectivity index (χ2v) is 8.05. The van der Waals surface area contributed by atoms with E-state index in [9.17, 15) is 9.90 Å². The number of ether oxygens (including phenoxy) is 1. The van der Waals surface area contributed by atoms with Crippen molar-refractivity contribution in [1.29, 1.82) is 0 Å². The first-order chi connectivity index (χ1) is 15.6. The zero-order valence-electron chi connectivity index (χ0n) is 17.6. The van der Waals surface area contributed by atoms with Gasteiger partial charge in [0.2, 0.25) is 0 Å². The number of allylic oxidation sites excluding steroid dienone is 1. The maximum atomic E-state index is 13.4. The molecule has 1 aliphatic rings. The normalized spacial score (nSPS) is 16.0. The molecule has 0 atom stereocenters. The molecule has 0 radical (unpaired) electrons. The Balaban J connectivity index is 1.78. The van der Waals surface area contributed by atoms with E-state index in [1.807, 2.05) is 66.7 Å². The van der Waals surface area contributed by atoms with Gasteiger partial charge in [-0.3, -0.25) is 9.69 Å². The van der Waals surface area contributed by atoms with Crippen molar-refractivity contribution >= 4 is 40.3 Å². The Labute approximate surface area is 191 Å². The van der Waals surface area contributed by atoms with Gasteiger partial charge in [-0.1, -0.05) is 42.5 Å². The molecular formula is C26H22N2O3S. The number of carbonyl (C=O) groups is 1. The molecule has 5 nitrogen and oxygen atoms in total. The number of rotatable bonds is 6. The standard InChI is InChI=1S/C26H22N2O3S/c1-3-10-19-15-18(16-22(31-2)24(19)29)17-23-25(30)28(21-13-8-5-9-14-21)26(32-23)27-20-11-6-4-7-12-20/h3-9,11-17,29H,1,10H2,2H3/b23-17+,27-26?. The molecule has 0 aromatic heterocycles. The summed E-state index contributed by atoms with van der Waals surface area (Å²) in [5.41, 5.74) is 2.95. The minimum Gasteiger partial charge on any atom is -0.504 e. The lowest BCUT2D eigenvalue weighted by molar-refractivity contribution is -0.113. The van der Waals surface area contributed by atoms with Gasteiger partial charge < -0.3 is 9.84 Å². The smallest absolute Gasteiger partial charge is 0.271 e. The highest BCUT2D eigenvalue weighted by Gasteiger charge is 2.34. The molecule has 0 unspecified atom stereocenters. The van der Waals surface area contributed by atoms with Crippen LogP contribution in [0.3, 0.4) is 0 Å². The Hall–Kier alpha value is -3.77. The third-order valence-electron chi connectivity index (χ3n) is 4.86. The molecule has 3 aromatic carbocycles. The molecule has 4 rings (SSSR count). The first-order valence-electron chi connectivity index (χ1n) is 10.0. The van der Waals surface area contributed by atoms with Crippen LogP contribution < -0.4 is 9.64 Å². The molecule has 6 heteroatoms. The Kier molecular flexibility index (Phi) is 6.42. The van der Waals surface area contributed by atoms with Crippen molar-refractivity contribution in [1.82, 2.24) is 0 Å². The lowest BCUT2D eigenvalue weighted by Gasteiger charge is -2.15. The molecule has 1 amide bonds. The molecule has 1 fully saturated rings. The van der Waals surface area contributed by atoms with Crippen molar-refractivity contribution in [3.05, 3.63) is 101 Å². The van der Waals surface area contributed by atoms with E-state index in [0.29, 0.717) is 27.8 Å². The number of methoxy groups -OCH3 is 1. The largest absolute Gasteiger partial charge is 0.504 e. The van der Waals surface area contributed by atoms with Crippen molar-refractivity contribution in [3.63, 3.8) is 0 Å². The fraction of sp³-hybridized carbons (Fsp3) is 0.0769. The molecule has 0 bridgehead atoms. The van der Waals surface area contributed by atoms with Crippen molar-refractivity contribution in [2.24, 2.45) is 4.99 Å². The fourth-order valence-electron chi connectivity index (χ4n) is 3.36. The number of para-hydroxylation sites is 2.